The van der Waals surface area contributed by atoms with E-state index in [2.05, 4.69) is 38.1 Å². The fourth-order valence-electron chi connectivity index (χ4n) is 4.78. The van der Waals surface area contributed by atoms with Crippen LogP contribution in [0.5, 0.6) is 0 Å². The Morgan fingerprint density at radius 1 is 0.667 bits per heavy atom. The highest BCUT2D eigenvalue weighted by Gasteiger charge is 2.23. The second kappa shape index (κ2) is 22.1. The number of ether oxygens (including phenoxy) is 4. The molecule has 4 nitrogen and oxygen atoms in total. The fourth-order valence-corrected chi connectivity index (χ4v) is 4.78. The lowest BCUT2D eigenvalue weighted by Crippen LogP contribution is -2.30. The molecule has 0 amide bonds. The third kappa shape index (κ3) is 15.3. The van der Waals surface area contributed by atoms with Gasteiger partial charge in [0.05, 0.1) is 26.4 Å². The Morgan fingerprint density at radius 3 is 1.78 bits per heavy atom. The first-order valence-electron chi connectivity index (χ1n) is 15.3. The van der Waals surface area contributed by atoms with Gasteiger partial charge in [0.1, 0.15) is 0 Å². The molecule has 0 radical (unpaired) electrons. The van der Waals surface area contributed by atoms with Crippen molar-refractivity contribution in [3.8, 4) is 0 Å². The van der Waals surface area contributed by atoms with Crippen molar-refractivity contribution in [1.82, 2.24) is 0 Å². The lowest BCUT2D eigenvalue weighted by Gasteiger charge is -2.29. The molecular formula is C32H56O4. The number of benzene rings is 1. The van der Waals surface area contributed by atoms with Crippen LogP contribution < -0.4 is 0 Å². The molecule has 1 heterocycles. The predicted octanol–water partition coefficient (Wildman–Crippen LogP) is 9.16. The van der Waals surface area contributed by atoms with Gasteiger partial charge in [-0.25, -0.2) is 0 Å². The molecule has 1 aromatic carbocycles. The molecule has 2 rings (SSSR count). The van der Waals surface area contributed by atoms with E-state index in [1.165, 1.54) is 102 Å². The van der Waals surface area contributed by atoms with Crippen LogP contribution in [0.2, 0.25) is 0 Å². The first kappa shape index (κ1) is 31.3. The molecule has 208 valence electrons. The zero-order valence-electron chi connectivity index (χ0n) is 23.7. The molecule has 36 heavy (non-hydrogen) atoms. The molecule has 1 aromatic rings. The Labute approximate surface area is 222 Å². The second-order valence-electron chi connectivity index (χ2n) is 10.7. The Kier molecular flexibility index (Phi) is 19.2. The highest BCUT2D eigenvalue weighted by atomic mass is 16.7. The summed E-state index contributed by atoms with van der Waals surface area (Å²) in [6.45, 7) is 9.03. The van der Waals surface area contributed by atoms with E-state index >= 15 is 0 Å². The average Bonchev–Trinajstić information content (AvgIpc) is 2.91. The zero-order valence-corrected chi connectivity index (χ0v) is 23.7. The molecule has 0 spiro atoms. The van der Waals surface area contributed by atoms with Gasteiger partial charge in [0, 0.05) is 24.7 Å². The third-order valence-corrected chi connectivity index (χ3v) is 7.10. The van der Waals surface area contributed by atoms with E-state index < -0.39 is 0 Å². The Morgan fingerprint density at radius 2 is 1.19 bits per heavy atom. The molecule has 0 atom stereocenters. The molecule has 0 saturated carbocycles. The molecule has 0 aliphatic carbocycles. The molecule has 1 aliphatic heterocycles. The molecule has 0 unspecified atom stereocenters. The highest BCUT2D eigenvalue weighted by Crippen LogP contribution is 2.26. The average molecular weight is 505 g/mol. The van der Waals surface area contributed by atoms with Gasteiger partial charge in [-0.05, 0) is 24.5 Å². The SMILES string of the molecule is CCCCCCCCCCOCc1cccc(C2OCC(COCCCCCCCCCC)CO2)c1. The summed E-state index contributed by atoms with van der Waals surface area (Å²) in [6.07, 6.45) is 21.0. The quantitative estimate of drug-likeness (QED) is 0.139. The van der Waals surface area contributed by atoms with Crippen LogP contribution in [0.15, 0.2) is 24.3 Å². The maximum atomic E-state index is 6.04. The van der Waals surface area contributed by atoms with Crippen molar-refractivity contribution in [3.63, 3.8) is 0 Å². The van der Waals surface area contributed by atoms with Gasteiger partial charge in [0.2, 0.25) is 0 Å². The van der Waals surface area contributed by atoms with Gasteiger partial charge in [-0.1, -0.05) is 122 Å². The maximum Gasteiger partial charge on any atom is 0.183 e. The predicted molar refractivity (Wildman–Crippen MR) is 150 cm³/mol. The van der Waals surface area contributed by atoms with Crippen molar-refractivity contribution in [2.45, 2.75) is 129 Å². The summed E-state index contributed by atoms with van der Waals surface area (Å²) < 4.78 is 23.9. The molecule has 0 aromatic heterocycles. The van der Waals surface area contributed by atoms with Crippen LogP contribution in [0, 0.1) is 5.92 Å². The maximum absolute atomic E-state index is 6.04. The largest absolute Gasteiger partial charge is 0.381 e. The zero-order chi connectivity index (χ0) is 25.5. The van der Waals surface area contributed by atoms with Crippen molar-refractivity contribution < 1.29 is 18.9 Å². The van der Waals surface area contributed by atoms with E-state index in [1.54, 1.807) is 0 Å². The van der Waals surface area contributed by atoms with Gasteiger partial charge in [-0.15, -0.1) is 0 Å². The third-order valence-electron chi connectivity index (χ3n) is 7.10. The normalized spacial score (nSPS) is 18.1. The van der Waals surface area contributed by atoms with Crippen LogP contribution >= 0.6 is 0 Å². The lowest BCUT2D eigenvalue weighted by molar-refractivity contribution is -0.212. The summed E-state index contributed by atoms with van der Waals surface area (Å²) >= 11 is 0. The van der Waals surface area contributed by atoms with Crippen LogP contribution in [0.25, 0.3) is 0 Å². The number of hydrogen-bond donors (Lipinski definition) is 0. The summed E-state index contributed by atoms with van der Waals surface area (Å²) in [5, 5.41) is 0. The molecule has 1 fully saturated rings. The van der Waals surface area contributed by atoms with Crippen LogP contribution in [0.1, 0.15) is 134 Å². The summed E-state index contributed by atoms with van der Waals surface area (Å²) in [4.78, 5) is 0. The lowest BCUT2D eigenvalue weighted by atomic mass is 10.1. The van der Waals surface area contributed by atoms with E-state index in [0.29, 0.717) is 25.7 Å². The molecule has 1 aliphatic rings. The summed E-state index contributed by atoms with van der Waals surface area (Å²) in [6, 6.07) is 8.46. The Hall–Kier alpha value is -0.940. The first-order chi connectivity index (χ1) is 17.8. The molecular weight excluding hydrogens is 448 g/mol. The van der Waals surface area contributed by atoms with E-state index in [1.807, 2.05) is 0 Å². The van der Waals surface area contributed by atoms with Crippen molar-refractivity contribution in [2.75, 3.05) is 33.0 Å². The van der Waals surface area contributed by atoms with Crippen molar-refractivity contribution >= 4 is 0 Å². The van der Waals surface area contributed by atoms with E-state index in [0.717, 1.165) is 31.8 Å². The van der Waals surface area contributed by atoms with Gasteiger partial charge in [0.25, 0.3) is 0 Å². The molecule has 0 bridgehead atoms. The Balaban J connectivity index is 1.48. The van der Waals surface area contributed by atoms with E-state index in [4.69, 9.17) is 18.9 Å². The van der Waals surface area contributed by atoms with Gasteiger partial charge in [-0.3, -0.25) is 0 Å². The van der Waals surface area contributed by atoms with Crippen LogP contribution in [-0.2, 0) is 25.6 Å². The molecule has 4 heteroatoms. The minimum atomic E-state index is -0.276. The fraction of sp³-hybridized carbons (Fsp3) is 0.812. The second-order valence-corrected chi connectivity index (χ2v) is 10.7. The minimum absolute atomic E-state index is 0.276. The first-order valence-corrected chi connectivity index (χ1v) is 15.3. The van der Waals surface area contributed by atoms with Gasteiger partial charge >= 0.3 is 0 Å². The minimum Gasteiger partial charge on any atom is -0.381 e. The monoisotopic (exact) mass is 504 g/mol. The Bertz CT molecular complexity index is 612. The van der Waals surface area contributed by atoms with Crippen LogP contribution in [-0.4, -0.2) is 33.0 Å². The van der Waals surface area contributed by atoms with Crippen molar-refractivity contribution in [3.05, 3.63) is 35.4 Å². The van der Waals surface area contributed by atoms with Gasteiger partial charge in [0.15, 0.2) is 6.29 Å². The number of rotatable bonds is 23. The summed E-state index contributed by atoms with van der Waals surface area (Å²) in [5.74, 6) is 0.327. The van der Waals surface area contributed by atoms with Crippen molar-refractivity contribution in [1.29, 1.82) is 0 Å². The van der Waals surface area contributed by atoms with Gasteiger partial charge < -0.3 is 18.9 Å². The van der Waals surface area contributed by atoms with Crippen LogP contribution in [0.4, 0.5) is 0 Å². The van der Waals surface area contributed by atoms with Crippen molar-refractivity contribution in [2.24, 2.45) is 5.92 Å². The van der Waals surface area contributed by atoms with Crippen LogP contribution in [0.3, 0.4) is 0 Å². The van der Waals surface area contributed by atoms with E-state index in [-0.39, 0.29) is 6.29 Å². The highest BCUT2D eigenvalue weighted by molar-refractivity contribution is 5.24. The standard InChI is InChI=1S/C32H56O4/c1-3-5-7-9-11-13-15-17-22-33-25-29-20-19-21-31(24-29)32-35-27-30(28-36-32)26-34-23-18-16-14-12-10-8-6-4-2/h19-21,24,30,32H,3-18,22-23,25-28H2,1-2H3. The van der Waals surface area contributed by atoms with Gasteiger partial charge in [-0.2, -0.15) is 0 Å². The molecule has 0 N–H and O–H groups in total. The topological polar surface area (TPSA) is 36.9 Å². The smallest absolute Gasteiger partial charge is 0.183 e. The molecule has 1 saturated heterocycles. The summed E-state index contributed by atoms with van der Waals surface area (Å²) in [7, 11) is 0. The van der Waals surface area contributed by atoms with E-state index in [9.17, 15) is 0 Å². The number of unbranched alkanes of at least 4 members (excludes halogenated alkanes) is 14. The summed E-state index contributed by atoms with van der Waals surface area (Å²) in [5.41, 5.74) is 2.27. The number of hydrogen-bond acceptors (Lipinski definition) is 4.